The third kappa shape index (κ3) is 3.74. The molecule has 1 rings (SSSR count). The molecule has 5 nitrogen and oxygen atoms in total. The van der Waals surface area contributed by atoms with E-state index in [1.807, 2.05) is 0 Å². The minimum Gasteiger partial charge on any atom is -0.480 e. The molecule has 0 saturated carbocycles. The smallest absolute Gasteiger partial charge is 0.318 e. The van der Waals surface area contributed by atoms with Gasteiger partial charge in [-0.1, -0.05) is 0 Å². The quantitative estimate of drug-likeness (QED) is 0.879. The van der Waals surface area contributed by atoms with Gasteiger partial charge in [0.1, 0.15) is 12.4 Å². The SMILES string of the molecule is CC(C)N(CC(=O)O)S(=O)(=O)c1cc(F)ccc1Br. The van der Waals surface area contributed by atoms with Gasteiger partial charge in [-0.2, -0.15) is 4.31 Å². The summed E-state index contributed by atoms with van der Waals surface area (Å²) in [5.41, 5.74) is 0. The summed E-state index contributed by atoms with van der Waals surface area (Å²) >= 11 is 3.03. The van der Waals surface area contributed by atoms with Gasteiger partial charge < -0.3 is 5.11 Å². The van der Waals surface area contributed by atoms with E-state index in [9.17, 15) is 17.6 Å². The van der Waals surface area contributed by atoms with Crippen LogP contribution in [-0.4, -0.2) is 36.4 Å². The fourth-order valence-electron chi connectivity index (χ4n) is 1.48. The average molecular weight is 354 g/mol. The van der Waals surface area contributed by atoms with Crippen molar-refractivity contribution in [2.75, 3.05) is 6.54 Å². The minimum absolute atomic E-state index is 0.185. The van der Waals surface area contributed by atoms with Crippen molar-refractivity contribution in [1.29, 1.82) is 0 Å². The Bertz CT molecular complexity index is 588. The van der Waals surface area contributed by atoms with Crippen LogP contribution in [0.4, 0.5) is 4.39 Å². The molecule has 1 N–H and O–H groups in total. The van der Waals surface area contributed by atoms with E-state index >= 15 is 0 Å². The Hall–Kier alpha value is -0.990. The molecule has 0 aliphatic heterocycles. The Morgan fingerprint density at radius 1 is 1.47 bits per heavy atom. The molecule has 0 fully saturated rings. The fraction of sp³-hybridized carbons (Fsp3) is 0.364. The van der Waals surface area contributed by atoms with Gasteiger partial charge in [0.2, 0.25) is 10.0 Å². The second-order valence-electron chi connectivity index (χ2n) is 4.11. The van der Waals surface area contributed by atoms with Gasteiger partial charge in [0, 0.05) is 10.5 Å². The van der Waals surface area contributed by atoms with Crippen LogP contribution in [0.1, 0.15) is 13.8 Å². The first-order chi connectivity index (χ1) is 8.66. The number of benzene rings is 1. The molecule has 0 radical (unpaired) electrons. The van der Waals surface area contributed by atoms with E-state index in [1.54, 1.807) is 13.8 Å². The molecule has 0 amide bonds. The van der Waals surface area contributed by atoms with Crippen LogP contribution >= 0.6 is 15.9 Å². The van der Waals surface area contributed by atoms with Gasteiger partial charge in [0.05, 0.1) is 4.90 Å². The number of carboxylic acids is 1. The van der Waals surface area contributed by atoms with E-state index in [1.165, 1.54) is 6.07 Å². The summed E-state index contributed by atoms with van der Waals surface area (Å²) in [4.78, 5) is 10.5. The molecular weight excluding hydrogens is 341 g/mol. The maximum absolute atomic E-state index is 13.2. The maximum atomic E-state index is 13.2. The molecule has 19 heavy (non-hydrogen) atoms. The zero-order chi connectivity index (χ0) is 14.8. The Morgan fingerprint density at radius 2 is 2.05 bits per heavy atom. The van der Waals surface area contributed by atoms with Crippen LogP contribution in [-0.2, 0) is 14.8 Å². The molecule has 0 bridgehead atoms. The Morgan fingerprint density at radius 3 is 2.53 bits per heavy atom. The molecular formula is C11H13BrFNO4S. The molecule has 0 saturated heterocycles. The Kier molecular flexibility index (Phi) is 5.05. The highest BCUT2D eigenvalue weighted by Gasteiger charge is 2.30. The maximum Gasteiger partial charge on any atom is 0.318 e. The lowest BCUT2D eigenvalue weighted by Crippen LogP contribution is -2.40. The second-order valence-corrected chi connectivity index (χ2v) is 6.83. The van der Waals surface area contributed by atoms with E-state index < -0.39 is 34.4 Å². The van der Waals surface area contributed by atoms with E-state index in [-0.39, 0.29) is 9.37 Å². The number of rotatable bonds is 5. The van der Waals surface area contributed by atoms with Crippen LogP contribution in [0, 0.1) is 5.82 Å². The van der Waals surface area contributed by atoms with Gasteiger partial charge in [-0.25, -0.2) is 12.8 Å². The highest BCUT2D eigenvalue weighted by Crippen LogP contribution is 2.26. The summed E-state index contributed by atoms with van der Waals surface area (Å²) in [7, 11) is -4.08. The number of carbonyl (C=O) groups is 1. The molecule has 0 heterocycles. The normalized spacial score (nSPS) is 12.1. The lowest BCUT2D eigenvalue weighted by Gasteiger charge is -2.24. The van der Waals surface area contributed by atoms with Crippen LogP contribution < -0.4 is 0 Å². The van der Waals surface area contributed by atoms with E-state index in [0.717, 1.165) is 16.4 Å². The van der Waals surface area contributed by atoms with Gasteiger partial charge in [0.25, 0.3) is 0 Å². The second kappa shape index (κ2) is 5.98. The van der Waals surface area contributed by atoms with E-state index in [2.05, 4.69) is 15.9 Å². The predicted octanol–water partition coefficient (Wildman–Crippen LogP) is 2.07. The lowest BCUT2D eigenvalue weighted by atomic mass is 10.3. The van der Waals surface area contributed by atoms with Gasteiger partial charge in [-0.3, -0.25) is 4.79 Å². The highest BCUT2D eigenvalue weighted by molar-refractivity contribution is 9.10. The molecule has 0 aromatic heterocycles. The lowest BCUT2D eigenvalue weighted by molar-refractivity contribution is -0.137. The summed E-state index contributed by atoms with van der Waals surface area (Å²) in [5, 5.41) is 8.78. The zero-order valence-corrected chi connectivity index (χ0v) is 12.7. The topological polar surface area (TPSA) is 74.7 Å². The zero-order valence-electron chi connectivity index (χ0n) is 10.3. The van der Waals surface area contributed by atoms with Crippen molar-refractivity contribution in [3.63, 3.8) is 0 Å². The summed E-state index contributed by atoms with van der Waals surface area (Å²) in [6.45, 7) is 2.42. The summed E-state index contributed by atoms with van der Waals surface area (Å²) in [6.07, 6.45) is 0. The van der Waals surface area contributed by atoms with Crippen LogP contribution in [0.5, 0.6) is 0 Å². The van der Waals surface area contributed by atoms with Crippen molar-refractivity contribution < 1.29 is 22.7 Å². The summed E-state index contributed by atoms with van der Waals surface area (Å²) in [5.74, 6) is -1.98. The fourth-order valence-corrected chi connectivity index (χ4v) is 4.00. The van der Waals surface area contributed by atoms with Crippen molar-refractivity contribution >= 4 is 31.9 Å². The standard InChI is InChI=1S/C11H13BrFNO4S/c1-7(2)14(6-11(15)16)19(17,18)10-5-8(13)3-4-9(10)12/h3-5,7H,6H2,1-2H3,(H,15,16). The summed E-state index contributed by atoms with van der Waals surface area (Å²) in [6, 6.07) is 2.68. The monoisotopic (exact) mass is 353 g/mol. The van der Waals surface area contributed by atoms with Crippen molar-refractivity contribution in [2.45, 2.75) is 24.8 Å². The molecule has 106 valence electrons. The highest BCUT2D eigenvalue weighted by atomic mass is 79.9. The van der Waals surface area contributed by atoms with Gasteiger partial charge in [-0.15, -0.1) is 0 Å². The molecule has 0 aliphatic carbocycles. The first-order valence-corrected chi connectivity index (χ1v) is 7.58. The third-order valence-corrected chi connectivity index (χ3v) is 5.36. The summed E-state index contributed by atoms with van der Waals surface area (Å²) < 4.78 is 38.9. The Labute approximate surface area is 119 Å². The number of sulfonamides is 1. The van der Waals surface area contributed by atoms with Crippen molar-refractivity contribution in [1.82, 2.24) is 4.31 Å². The number of hydrogen-bond acceptors (Lipinski definition) is 3. The van der Waals surface area contributed by atoms with Crippen molar-refractivity contribution in [3.05, 3.63) is 28.5 Å². The van der Waals surface area contributed by atoms with Gasteiger partial charge in [0.15, 0.2) is 0 Å². The van der Waals surface area contributed by atoms with Crippen molar-refractivity contribution in [2.24, 2.45) is 0 Å². The van der Waals surface area contributed by atoms with Crippen molar-refractivity contribution in [3.8, 4) is 0 Å². The molecule has 8 heteroatoms. The van der Waals surface area contributed by atoms with Gasteiger partial charge in [-0.05, 0) is 48.0 Å². The largest absolute Gasteiger partial charge is 0.480 e. The average Bonchev–Trinajstić information content (AvgIpc) is 2.28. The first-order valence-electron chi connectivity index (χ1n) is 5.35. The van der Waals surface area contributed by atoms with Crippen LogP contribution in [0.2, 0.25) is 0 Å². The molecule has 0 aliphatic rings. The van der Waals surface area contributed by atoms with Crippen LogP contribution in [0.25, 0.3) is 0 Å². The number of hydrogen-bond donors (Lipinski definition) is 1. The first kappa shape index (κ1) is 16.1. The molecule has 1 aromatic carbocycles. The number of aliphatic carboxylic acids is 1. The minimum atomic E-state index is -4.08. The van der Waals surface area contributed by atoms with E-state index in [0.29, 0.717) is 0 Å². The number of halogens is 2. The number of nitrogens with zero attached hydrogens (tertiary/aromatic N) is 1. The molecule has 0 spiro atoms. The third-order valence-electron chi connectivity index (χ3n) is 2.35. The Balaban J connectivity index is 3.34. The molecule has 1 aromatic rings. The predicted molar refractivity (Wildman–Crippen MR) is 70.8 cm³/mol. The number of carboxylic acid groups (broad SMARTS) is 1. The van der Waals surface area contributed by atoms with Crippen LogP contribution in [0.3, 0.4) is 0 Å². The molecule has 0 atom stereocenters. The van der Waals surface area contributed by atoms with E-state index in [4.69, 9.17) is 5.11 Å². The van der Waals surface area contributed by atoms with Gasteiger partial charge >= 0.3 is 5.97 Å². The molecule has 0 unspecified atom stereocenters. The van der Waals surface area contributed by atoms with Crippen LogP contribution in [0.15, 0.2) is 27.6 Å².